The van der Waals surface area contributed by atoms with Crippen molar-refractivity contribution >= 4 is 5.97 Å². The molecule has 0 bridgehead atoms. The molecular formula is C10H20NO3+. The molecule has 0 heterocycles. The van der Waals surface area contributed by atoms with Gasteiger partial charge in [-0.2, -0.15) is 4.65 Å². The third kappa shape index (κ3) is 2.82. The zero-order valence-electron chi connectivity index (χ0n) is 9.63. The highest BCUT2D eigenvalue weighted by molar-refractivity contribution is 5.87. The van der Waals surface area contributed by atoms with Crippen LogP contribution in [-0.4, -0.2) is 35.6 Å². The summed E-state index contributed by atoms with van der Waals surface area (Å²) in [6.07, 6.45) is 0.523. The van der Waals surface area contributed by atoms with E-state index in [1.165, 1.54) is 0 Å². The van der Waals surface area contributed by atoms with Gasteiger partial charge in [0.2, 0.25) is 0 Å². The Kier molecular flexibility index (Phi) is 3.85. The maximum absolute atomic E-state index is 11.3. The van der Waals surface area contributed by atoms with Gasteiger partial charge in [-0.1, -0.05) is 13.5 Å². The molecule has 1 unspecified atom stereocenters. The van der Waals surface area contributed by atoms with Crippen LogP contribution in [0, 0.1) is 0 Å². The molecule has 0 aliphatic heterocycles. The van der Waals surface area contributed by atoms with Crippen molar-refractivity contribution in [1.82, 2.24) is 0 Å². The Balaban J connectivity index is 4.74. The van der Waals surface area contributed by atoms with Gasteiger partial charge >= 0.3 is 5.97 Å². The molecule has 0 spiro atoms. The van der Waals surface area contributed by atoms with Gasteiger partial charge in [0.25, 0.3) is 5.72 Å². The van der Waals surface area contributed by atoms with Crippen LogP contribution in [0.3, 0.4) is 0 Å². The van der Waals surface area contributed by atoms with Crippen LogP contribution in [0.5, 0.6) is 0 Å². The second kappa shape index (κ2) is 4.11. The Hall–Kier alpha value is -0.870. The van der Waals surface area contributed by atoms with Gasteiger partial charge in [-0.15, -0.1) is 0 Å². The summed E-state index contributed by atoms with van der Waals surface area (Å²) in [5, 5.41) is 9.80. The monoisotopic (exact) mass is 202 g/mol. The number of hydrogen-bond donors (Lipinski definition) is 1. The fourth-order valence-corrected chi connectivity index (χ4v) is 0.858. The van der Waals surface area contributed by atoms with Crippen LogP contribution in [0.4, 0.5) is 0 Å². The first-order valence-corrected chi connectivity index (χ1v) is 4.59. The van der Waals surface area contributed by atoms with Gasteiger partial charge in [0.15, 0.2) is 0 Å². The molecule has 4 nitrogen and oxygen atoms in total. The number of rotatable bonds is 4. The number of nitrogens with zero attached hydrogens (tertiary/aromatic N) is 1. The van der Waals surface area contributed by atoms with Crippen molar-refractivity contribution in [3.63, 3.8) is 0 Å². The van der Waals surface area contributed by atoms with Crippen molar-refractivity contribution in [3.05, 3.63) is 12.2 Å². The van der Waals surface area contributed by atoms with Crippen LogP contribution in [-0.2, 0) is 9.53 Å². The fourth-order valence-electron chi connectivity index (χ4n) is 0.858. The predicted octanol–water partition coefficient (Wildman–Crippen LogP) is 1.70. The lowest BCUT2D eigenvalue weighted by Crippen LogP contribution is -2.57. The highest BCUT2D eigenvalue weighted by atomic mass is 16.7. The Morgan fingerprint density at radius 3 is 2.21 bits per heavy atom. The van der Waals surface area contributed by atoms with E-state index in [0.717, 1.165) is 0 Å². The molecule has 0 aliphatic carbocycles. The molecule has 1 atom stereocenters. The van der Waals surface area contributed by atoms with E-state index in [0.29, 0.717) is 12.0 Å². The largest absolute Gasteiger partial charge is 0.404 e. The maximum atomic E-state index is 11.3. The lowest BCUT2D eigenvalue weighted by Gasteiger charge is -2.38. The van der Waals surface area contributed by atoms with Gasteiger partial charge in [0, 0.05) is 18.9 Å². The highest BCUT2D eigenvalue weighted by Crippen LogP contribution is 2.24. The SMILES string of the molecule is C=C(C)C(=O)OC(C)(CC)[N+](C)(C)O. The number of ether oxygens (including phenoxy) is 1. The molecule has 0 aromatic carbocycles. The van der Waals surface area contributed by atoms with E-state index in [1.54, 1.807) is 27.9 Å². The first-order chi connectivity index (χ1) is 6.14. The van der Waals surface area contributed by atoms with Crippen LogP contribution in [0.1, 0.15) is 27.2 Å². The molecule has 0 aliphatic rings. The van der Waals surface area contributed by atoms with Crippen molar-refractivity contribution in [2.24, 2.45) is 0 Å². The highest BCUT2D eigenvalue weighted by Gasteiger charge is 2.43. The molecule has 0 saturated heterocycles. The smallest absolute Gasteiger partial charge is 0.337 e. The number of hydrogen-bond acceptors (Lipinski definition) is 3. The molecule has 0 fully saturated rings. The van der Waals surface area contributed by atoms with Gasteiger partial charge in [0.1, 0.15) is 14.1 Å². The van der Waals surface area contributed by atoms with E-state index < -0.39 is 16.3 Å². The molecule has 1 N–H and O–H groups in total. The van der Waals surface area contributed by atoms with E-state index in [9.17, 15) is 10.0 Å². The minimum absolute atomic E-state index is 0.332. The minimum atomic E-state index is -0.934. The van der Waals surface area contributed by atoms with Gasteiger partial charge in [-0.25, -0.2) is 10.0 Å². The number of carbonyl (C=O) groups excluding carboxylic acids is 1. The average Bonchev–Trinajstić information content (AvgIpc) is 2.01. The van der Waals surface area contributed by atoms with Crippen LogP contribution >= 0.6 is 0 Å². The zero-order valence-corrected chi connectivity index (χ0v) is 9.63. The molecule has 0 radical (unpaired) electrons. The molecule has 0 rings (SSSR count). The summed E-state index contributed by atoms with van der Waals surface area (Å²) in [7, 11) is 3.13. The van der Waals surface area contributed by atoms with E-state index in [2.05, 4.69) is 6.58 Å². The fraction of sp³-hybridized carbons (Fsp3) is 0.700. The summed E-state index contributed by atoms with van der Waals surface area (Å²) in [4.78, 5) is 11.3. The predicted molar refractivity (Wildman–Crippen MR) is 53.5 cm³/mol. The Labute approximate surface area is 85.3 Å². The minimum Gasteiger partial charge on any atom is -0.404 e. The topological polar surface area (TPSA) is 46.5 Å². The molecule has 82 valence electrons. The summed E-state index contributed by atoms with van der Waals surface area (Å²) in [5.41, 5.74) is -0.603. The van der Waals surface area contributed by atoms with E-state index in [1.807, 2.05) is 6.92 Å². The third-order valence-corrected chi connectivity index (χ3v) is 2.47. The van der Waals surface area contributed by atoms with Crippen molar-refractivity contribution in [2.45, 2.75) is 32.9 Å². The standard InChI is InChI=1S/C10H20NO3/c1-7-10(4,11(5,6)13)14-9(12)8(2)3/h13H,2,7H2,1,3-6H3/q+1. The number of hydroxylamine groups is 3. The molecule has 14 heavy (non-hydrogen) atoms. The zero-order chi connectivity index (χ0) is 11.6. The van der Waals surface area contributed by atoms with E-state index in [4.69, 9.17) is 4.74 Å². The number of esters is 1. The van der Waals surface area contributed by atoms with Crippen molar-refractivity contribution < 1.29 is 19.4 Å². The van der Waals surface area contributed by atoms with Crippen LogP contribution < -0.4 is 0 Å². The Morgan fingerprint density at radius 1 is 1.57 bits per heavy atom. The summed E-state index contributed by atoms with van der Waals surface area (Å²) in [5.74, 6) is -0.477. The quantitative estimate of drug-likeness (QED) is 0.248. The molecule has 0 aromatic heterocycles. The average molecular weight is 202 g/mol. The summed E-state index contributed by atoms with van der Waals surface area (Å²) in [6.45, 7) is 8.61. The summed E-state index contributed by atoms with van der Waals surface area (Å²) in [6, 6.07) is 0. The molecule has 4 heteroatoms. The maximum Gasteiger partial charge on any atom is 0.337 e. The number of quaternary nitrogens is 1. The Bertz CT molecular complexity index is 242. The second-order valence-electron chi connectivity index (χ2n) is 4.09. The van der Waals surface area contributed by atoms with Crippen LogP contribution in [0.25, 0.3) is 0 Å². The van der Waals surface area contributed by atoms with Gasteiger partial charge < -0.3 is 4.74 Å². The lowest BCUT2D eigenvalue weighted by atomic mass is 10.1. The van der Waals surface area contributed by atoms with Gasteiger partial charge in [0.05, 0.1) is 0 Å². The van der Waals surface area contributed by atoms with Crippen molar-refractivity contribution in [2.75, 3.05) is 14.1 Å². The molecular weight excluding hydrogens is 182 g/mol. The number of carbonyl (C=O) groups is 1. The van der Waals surface area contributed by atoms with Crippen molar-refractivity contribution in [1.29, 1.82) is 0 Å². The normalized spacial score (nSPS) is 15.9. The molecule has 0 aromatic rings. The van der Waals surface area contributed by atoms with Crippen molar-refractivity contribution in [3.8, 4) is 0 Å². The Morgan fingerprint density at radius 2 is 2.00 bits per heavy atom. The van der Waals surface area contributed by atoms with Crippen LogP contribution in [0.2, 0.25) is 0 Å². The van der Waals surface area contributed by atoms with E-state index >= 15 is 0 Å². The van der Waals surface area contributed by atoms with Gasteiger partial charge in [-0.3, -0.25) is 0 Å². The second-order valence-corrected chi connectivity index (χ2v) is 4.09. The molecule has 0 saturated carbocycles. The summed E-state index contributed by atoms with van der Waals surface area (Å²) >= 11 is 0. The third-order valence-electron chi connectivity index (χ3n) is 2.47. The van der Waals surface area contributed by atoms with E-state index in [-0.39, 0.29) is 0 Å². The lowest BCUT2D eigenvalue weighted by molar-refractivity contribution is -1.13. The first-order valence-electron chi connectivity index (χ1n) is 4.59. The molecule has 0 amide bonds. The van der Waals surface area contributed by atoms with Crippen LogP contribution in [0.15, 0.2) is 12.2 Å². The first kappa shape index (κ1) is 13.1. The summed E-state index contributed by atoms with van der Waals surface area (Å²) < 4.78 is 4.78. The van der Waals surface area contributed by atoms with Gasteiger partial charge in [-0.05, 0) is 6.92 Å².